The number of anilines is 1. The molecule has 0 amide bonds. The van der Waals surface area contributed by atoms with Crippen LogP contribution in [0.3, 0.4) is 0 Å². The molecule has 2 aromatic rings. The zero-order chi connectivity index (χ0) is 15.2. The summed E-state index contributed by atoms with van der Waals surface area (Å²) in [5, 5.41) is 0.809. The third kappa shape index (κ3) is 2.48. The molecule has 22 heavy (non-hydrogen) atoms. The number of nitrogens with zero attached hydrogens (tertiary/aromatic N) is 3. The third-order valence-corrected chi connectivity index (χ3v) is 5.21. The fraction of sp³-hybridized carbons (Fsp3) is 0.467. The van der Waals surface area contributed by atoms with Crippen LogP contribution >= 0.6 is 11.5 Å². The minimum atomic E-state index is -0.616. The Kier molecular flexibility index (Phi) is 3.34. The molecule has 0 saturated carbocycles. The van der Waals surface area contributed by atoms with Crippen LogP contribution in [0.5, 0.6) is 0 Å². The van der Waals surface area contributed by atoms with Gasteiger partial charge in [-0.3, -0.25) is 0 Å². The van der Waals surface area contributed by atoms with Gasteiger partial charge in [0, 0.05) is 48.3 Å². The summed E-state index contributed by atoms with van der Waals surface area (Å²) in [5.74, 6) is -0.855. The monoisotopic (exact) mass is 323 g/mol. The molecule has 1 unspecified atom stereocenters. The van der Waals surface area contributed by atoms with E-state index in [-0.39, 0.29) is 5.41 Å². The molecule has 4 rings (SSSR count). The molecule has 2 fully saturated rings. The number of aromatic nitrogens is 2. The van der Waals surface area contributed by atoms with Crippen molar-refractivity contribution in [2.45, 2.75) is 12.8 Å². The molecular weight excluding hydrogens is 308 g/mol. The Morgan fingerprint density at radius 2 is 2.00 bits per heavy atom. The Morgan fingerprint density at radius 3 is 2.73 bits per heavy atom. The summed E-state index contributed by atoms with van der Waals surface area (Å²) in [4.78, 5) is 6.66. The number of rotatable bonds is 2. The number of ether oxygens (including phenoxy) is 1. The van der Waals surface area contributed by atoms with Crippen LogP contribution in [0, 0.1) is 17.0 Å². The van der Waals surface area contributed by atoms with Crippen LogP contribution in [-0.4, -0.2) is 35.7 Å². The van der Waals surface area contributed by atoms with Crippen LogP contribution in [0.2, 0.25) is 0 Å². The van der Waals surface area contributed by atoms with Crippen molar-refractivity contribution in [2.75, 3.05) is 31.2 Å². The summed E-state index contributed by atoms with van der Waals surface area (Å²) < 4.78 is 36.4. The van der Waals surface area contributed by atoms with Gasteiger partial charge < -0.3 is 9.64 Å². The van der Waals surface area contributed by atoms with Gasteiger partial charge in [0.1, 0.15) is 11.6 Å². The molecule has 116 valence electrons. The van der Waals surface area contributed by atoms with E-state index in [1.807, 2.05) is 0 Å². The van der Waals surface area contributed by atoms with Crippen molar-refractivity contribution in [1.29, 1.82) is 0 Å². The first-order chi connectivity index (χ1) is 10.6. The van der Waals surface area contributed by atoms with E-state index in [4.69, 9.17) is 4.74 Å². The molecule has 0 bridgehead atoms. The highest BCUT2D eigenvalue weighted by atomic mass is 32.1. The standard InChI is InChI=1S/C15H15F2N3OS/c16-11-5-10(6-12(17)7-11)13-18-14(22-19-13)20-3-1-15(8-20)2-4-21-9-15/h5-7H,1-4,8-9H2. The summed E-state index contributed by atoms with van der Waals surface area (Å²) in [7, 11) is 0. The molecule has 1 aromatic carbocycles. The van der Waals surface area contributed by atoms with Crippen molar-refractivity contribution in [3.63, 3.8) is 0 Å². The van der Waals surface area contributed by atoms with E-state index in [1.54, 1.807) is 0 Å². The summed E-state index contributed by atoms with van der Waals surface area (Å²) in [5.41, 5.74) is 0.620. The quantitative estimate of drug-likeness (QED) is 0.851. The van der Waals surface area contributed by atoms with E-state index in [0.29, 0.717) is 11.4 Å². The molecule has 0 radical (unpaired) electrons. The zero-order valence-corrected chi connectivity index (χ0v) is 12.7. The molecule has 2 saturated heterocycles. The van der Waals surface area contributed by atoms with Gasteiger partial charge >= 0.3 is 0 Å². The van der Waals surface area contributed by atoms with Crippen LogP contribution in [0.4, 0.5) is 13.9 Å². The molecule has 0 aliphatic carbocycles. The van der Waals surface area contributed by atoms with Crippen LogP contribution in [0.1, 0.15) is 12.8 Å². The maximum Gasteiger partial charge on any atom is 0.205 e. The van der Waals surface area contributed by atoms with Gasteiger partial charge in [-0.2, -0.15) is 9.36 Å². The maximum atomic E-state index is 13.3. The first kappa shape index (κ1) is 14.0. The van der Waals surface area contributed by atoms with Gasteiger partial charge in [0.2, 0.25) is 5.13 Å². The molecule has 1 aromatic heterocycles. The summed E-state index contributed by atoms with van der Waals surface area (Å²) in [6.45, 7) is 3.48. The average molecular weight is 323 g/mol. The second kappa shape index (κ2) is 5.24. The number of hydrogen-bond acceptors (Lipinski definition) is 5. The highest BCUT2D eigenvalue weighted by molar-refractivity contribution is 7.09. The fourth-order valence-corrected chi connectivity index (χ4v) is 3.93. The summed E-state index contributed by atoms with van der Waals surface area (Å²) in [6, 6.07) is 3.36. The van der Waals surface area contributed by atoms with Crippen LogP contribution in [0.15, 0.2) is 18.2 Å². The molecule has 2 aliphatic heterocycles. The van der Waals surface area contributed by atoms with E-state index in [0.717, 1.165) is 50.3 Å². The lowest BCUT2D eigenvalue weighted by Gasteiger charge is -2.21. The first-order valence-corrected chi connectivity index (χ1v) is 8.04. The van der Waals surface area contributed by atoms with E-state index in [2.05, 4.69) is 14.3 Å². The van der Waals surface area contributed by atoms with E-state index in [9.17, 15) is 8.78 Å². The van der Waals surface area contributed by atoms with E-state index in [1.165, 1.54) is 23.7 Å². The Bertz CT molecular complexity index is 680. The van der Waals surface area contributed by atoms with E-state index >= 15 is 0 Å². The first-order valence-electron chi connectivity index (χ1n) is 7.27. The van der Waals surface area contributed by atoms with Crippen molar-refractivity contribution < 1.29 is 13.5 Å². The lowest BCUT2D eigenvalue weighted by Crippen LogP contribution is -2.27. The highest BCUT2D eigenvalue weighted by Gasteiger charge is 2.42. The largest absolute Gasteiger partial charge is 0.381 e. The van der Waals surface area contributed by atoms with Crippen molar-refractivity contribution in [1.82, 2.24) is 9.36 Å². The predicted molar refractivity (Wildman–Crippen MR) is 80.0 cm³/mol. The predicted octanol–water partition coefficient (Wildman–Crippen LogP) is 3.10. The van der Waals surface area contributed by atoms with Crippen LogP contribution in [-0.2, 0) is 4.74 Å². The Labute approximate surface area is 130 Å². The van der Waals surface area contributed by atoms with Gasteiger partial charge in [-0.05, 0) is 25.0 Å². The van der Waals surface area contributed by atoms with Crippen molar-refractivity contribution >= 4 is 16.7 Å². The van der Waals surface area contributed by atoms with Gasteiger partial charge in [0.05, 0.1) is 6.61 Å². The van der Waals surface area contributed by atoms with Crippen LogP contribution in [0.25, 0.3) is 11.4 Å². The smallest absolute Gasteiger partial charge is 0.205 e. The minimum absolute atomic E-state index is 0.247. The second-order valence-electron chi connectivity index (χ2n) is 6.03. The molecular formula is C15H15F2N3OS. The van der Waals surface area contributed by atoms with Crippen molar-refractivity contribution in [3.8, 4) is 11.4 Å². The summed E-state index contributed by atoms with van der Waals surface area (Å²) >= 11 is 1.27. The molecule has 4 nitrogen and oxygen atoms in total. The molecule has 3 heterocycles. The molecule has 7 heteroatoms. The third-order valence-electron chi connectivity index (χ3n) is 4.43. The number of benzene rings is 1. The van der Waals surface area contributed by atoms with Crippen LogP contribution < -0.4 is 4.90 Å². The lowest BCUT2D eigenvalue weighted by atomic mass is 9.87. The Balaban J connectivity index is 1.57. The Hall–Kier alpha value is -1.60. The Morgan fingerprint density at radius 1 is 1.18 bits per heavy atom. The number of halogens is 2. The molecule has 1 spiro atoms. The van der Waals surface area contributed by atoms with Gasteiger partial charge in [-0.25, -0.2) is 8.78 Å². The number of hydrogen-bond donors (Lipinski definition) is 0. The van der Waals surface area contributed by atoms with Gasteiger partial charge in [0.15, 0.2) is 5.82 Å². The fourth-order valence-electron chi connectivity index (χ4n) is 3.21. The van der Waals surface area contributed by atoms with Crippen molar-refractivity contribution in [2.24, 2.45) is 5.41 Å². The van der Waals surface area contributed by atoms with Gasteiger partial charge in [-0.15, -0.1) is 0 Å². The lowest BCUT2D eigenvalue weighted by molar-refractivity contribution is 0.160. The minimum Gasteiger partial charge on any atom is -0.381 e. The molecule has 2 aliphatic rings. The van der Waals surface area contributed by atoms with Gasteiger partial charge in [-0.1, -0.05) is 0 Å². The molecule has 1 atom stereocenters. The van der Waals surface area contributed by atoms with Crippen molar-refractivity contribution in [3.05, 3.63) is 29.8 Å². The average Bonchev–Trinajstić information content (AvgIpc) is 3.20. The molecule has 0 N–H and O–H groups in total. The highest BCUT2D eigenvalue weighted by Crippen LogP contribution is 2.40. The summed E-state index contributed by atoms with van der Waals surface area (Å²) in [6.07, 6.45) is 2.18. The second-order valence-corrected chi connectivity index (χ2v) is 6.76. The SMILES string of the molecule is Fc1cc(F)cc(-c2nsc(N3CCC4(CCOC4)C3)n2)c1. The normalized spacial score (nSPS) is 24.5. The van der Waals surface area contributed by atoms with Gasteiger partial charge in [0.25, 0.3) is 0 Å². The maximum absolute atomic E-state index is 13.3. The zero-order valence-electron chi connectivity index (χ0n) is 11.9. The van der Waals surface area contributed by atoms with E-state index < -0.39 is 11.6 Å². The topological polar surface area (TPSA) is 38.2 Å².